The van der Waals surface area contributed by atoms with Crippen LogP contribution in [0.25, 0.3) is 0 Å². The highest BCUT2D eigenvalue weighted by atomic mass is 16.4. The van der Waals surface area contributed by atoms with Crippen LogP contribution in [-0.2, 0) is 4.79 Å². The first-order valence-electron chi connectivity index (χ1n) is 5.26. The Hall–Kier alpha value is -0.570. The van der Waals surface area contributed by atoms with Crippen molar-refractivity contribution in [3.05, 3.63) is 0 Å². The summed E-state index contributed by atoms with van der Waals surface area (Å²) in [5.41, 5.74) is 0. The Morgan fingerprint density at radius 1 is 1.23 bits per heavy atom. The third-order valence-electron chi connectivity index (χ3n) is 3.41. The molecule has 1 saturated carbocycles. The van der Waals surface area contributed by atoms with Crippen LogP contribution in [0.2, 0.25) is 0 Å². The first-order chi connectivity index (χ1) is 6.27. The van der Waals surface area contributed by atoms with Gasteiger partial charge in [-0.25, -0.2) is 0 Å². The largest absolute Gasteiger partial charge is 0.480 e. The van der Waals surface area contributed by atoms with Gasteiger partial charge in [-0.2, -0.15) is 0 Å². The molecule has 74 valence electrons. The second-order valence-electron chi connectivity index (χ2n) is 4.30. The molecule has 2 aliphatic rings. The number of carboxylic acid groups (broad SMARTS) is 1. The molecule has 1 saturated heterocycles. The highest BCUT2D eigenvalue weighted by molar-refractivity contribution is 5.74. The van der Waals surface area contributed by atoms with Crippen molar-refractivity contribution >= 4 is 5.97 Å². The molecule has 3 nitrogen and oxygen atoms in total. The number of nitrogens with one attached hydrogen (secondary N) is 1. The summed E-state index contributed by atoms with van der Waals surface area (Å²) in [6.07, 6.45) is 7.12. The third kappa shape index (κ3) is 1.85. The van der Waals surface area contributed by atoms with E-state index in [-0.39, 0.29) is 6.04 Å². The van der Waals surface area contributed by atoms with Crippen LogP contribution < -0.4 is 5.32 Å². The van der Waals surface area contributed by atoms with Crippen molar-refractivity contribution < 1.29 is 9.90 Å². The van der Waals surface area contributed by atoms with E-state index in [2.05, 4.69) is 5.32 Å². The summed E-state index contributed by atoms with van der Waals surface area (Å²) < 4.78 is 0. The lowest BCUT2D eigenvalue weighted by Crippen LogP contribution is -2.35. The van der Waals surface area contributed by atoms with Gasteiger partial charge in [0, 0.05) is 6.04 Å². The molecule has 0 aromatic heterocycles. The van der Waals surface area contributed by atoms with Crippen LogP contribution in [0.5, 0.6) is 0 Å². The maximum absolute atomic E-state index is 10.8. The maximum Gasteiger partial charge on any atom is 0.320 e. The van der Waals surface area contributed by atoms with Crippen LogP contribution in [0, 0.1) is 5.92 Å². The number of hydrogen-bond donors (Lipinski definition) is 2. The minimum absolute atomic E-state index is 0.270. The first kappa shape index (κ1) is 9.00. The number of carbonyl (C=O) groups is 1. The lowest BCUT2D eigenvalue weighted by molar-refractivity contribution is -0.139. The average Bonchev–Trinajstić information content (AvgIpc) is 2.38. The topological polar surface area (TPSA) is 49.3 Å². The molecule has 0 amide bonds. The van der Waals surface area contributed by atoms with Crippen molar-refractivity contribution in [3.63, 3.8) is 0 Å². The molecule has 2 fully saturated rings. The van der Waals surface area contributed by atoms with E-state index in [9.17, 15) is 4.79 Å². The average molecular weight is 183 g/mol. The fraction of sp³-hybridized carbons (Fsp3) is 0.900. The van der Waals surface area contributed by atoms with Crippen LogP contribution in [0.1, 0.15) is 38.5 Å². The zero-order valence-electron chi connectivity index (χ0n) is 7.83. The summed E-state index contributed by atoms with van der Waals surface area (Å²) >= 11 is 0. The quantitative estimate of drug-likeness (QED) is 0.645. The van der Waals surface area contributed by atoms with Gasteiger partial charge in [-0.3, -0.25) is 4.79 Å². The maximum atomic E-state index is 10.8. The Morgan fingerprint density at radius 3 is 2.77 bits per heavy atom. The van der Waals surface area contributed by atoms with E-state index < -0.39 is 5.97 Å². The summed E-state index contributed by atoms with van der Waals surface area (Å²) in [6, 6.07) is 0.219. The SMILES string of the molecule is O=C(O)[C@H]1CC2CCCCCC2N1. The van der Waals surface area contributed by atoms with Crippen molar-refractivity contribution in [1.82, 2.24) is 5.32 Å². The van der Waals surface area contributed by atoms with E-state index in [4.69, 9.17) is 5.11 Å². The zero-order valence-corrected chi connectivity index (χ0v) is 7.83. The predicted molar refractivity (Wildman–Crippen MR) is 49.5 cm³/mol. The van der Waals surface area contributed by atoms with Gasteiger partial charge in [0.25, 0.3) is 0 Å². The van der Waals surface area contributed by atoms with Crippen LogP contribution in [0.3, 0.4) is 0 Å². The molecule has 3 atom stereocenters. The van der Waals surface area contributed by atoms with Crippen molar-refractivity contribution in [1.29, 1.82) is 0 Å². The summed E-state index contributed by atoms with van der Waals surface area (Å²) in [5, 5.41) is 12.1. The number of hydrogen-bond acceptors (Lipinski definition) is 2. The molecular formula is C10H17NO2. The molecule has 0 aromatic rings. The van der Waals surface area contributed by atoms with E-state index >= 15 is 0 Å². The van der Waals surface area contributed by atoms with Gasteiger partial charge in [0.1, 0.15) is 6.04 Å². The van der Waals surface area contributed by atoms with Crippen molar-refractivity contribution in [3.8, 4) is 0 Å². The third-order valence-corrected chi connectivity index (χ3v) is 3.41. The van der Waals surface area contributed by atoms with E-state index in [1.807, 2.05) is 0 Å². The number of rotatable bonds is 1. The van der Waals surface area contributed by atoms with E-state index in [1.54, 1.807) is 0 Å². The number of fused-ring (bicyclic) bond motifs is 1. The van der Waals surface area contributed by atoms with Crippen molar-refractivity contribution in [2.75, 3.05) is 0 Å². The molecule has 2 N–H and O–H groups in total. The Balaban J connectivity index is 1.97. The van der Waals surface area contributed by atoms with Gasteiger partial charge in [-0.05, 0) is 25.2 Å². The van der Waals surface area contributed by atoms with Crippen molar-refractivity contribution in [2.45, 2.75) is 50.6 Å². The lowest BCUT2D eigenvalue weighted by atomic mass is 9.94. The smallest absolute Gasteiger partial charge is 0.320 e. The highest BCUT2D eigenvalue weighted by Crippen LogP contribution is 2.32. The Labute approximate surface area is 78.5 Å². The molecule has 0 radical (unpaired) electrons. The summed E-state index contributed by atoms with van der Waals surface area (Å²) in [4.78, 5) is 10.8. The summed E-state index contributed by atoms with van der Waals surface area (Å²) in [6.45, 7) is 0. The first-order valence-corrected chi connectivity index (χ1v) is 5.26. The van der Waals surface area contributed by atoms with Gasteiger partial charge in [0.05, 0.1) is 0 Å². The normalized spacial score (nSPS) is 39.5. The molecule has 13 heavy (non-hydrogen) atoms. The van der Waals surface area contributed by atoms with E-state index in [1.165, 1.54) is 32.1 Å². The van der Waals surface area contributed by atoms with Crippen molar-refractivity contribution in [2.24, 2.45) is 5.92 Å². The highest BCUT2D eigenvalue weighted by Gasteiger charge is 2.37. The molecule has 1 aliphatic heterocycles. The molecule has 1 aliphatic carbocycles. The minimum Gasteiger partial charge on any atom is -0.480 e. The number of carboxylic acids is 1. The molecule has 0 aromatic carbocycles. The lowest BCUT2D eigenvalue weighted by Gasteiger charge is -2.14. The molecule has 0 bridgehead atoms. The minimum atomic E-state index is -0.673. The molecular weight excluding hydrogens is 166 g/mol. The van der Waals surface area contributed by atoms with Gasteiger partial charge in [0.2, 0.25) is 0 Å². The van der Waals surface area contributed by atoms with Gasteiger partial charge in [-0.1, -0.05) is 19.3 Å². The van der Waals surface area contributed by atoms with Gasteiger partial charge < -0.3 is 10.4 Å². The Morgan fingerprint density at radius 2 is 2.00 bits per heavy atom. The second-order valence-corrected chi connectivity index (χ2v) is 4.30. The zero-order chi connectivity index (χ0) is 9.26. The summed E-state index contributed by atoms with van der Waals surface area (Å²) in [7, 11) is 0. The number of aliphatic carboxylic acids is 1. The molecule has 2 rings (SSSR count). The van der Waals surface area contributed by atoms with Gasteiger partial charge in [0.15, 0.2) is 0 Å². The standard InChI is InChI=1S/C10H17NO2/c12-10(13)9-6-7-4-2-1-3-5-8(7)11-9/h7-9,11H,1-6H2,(H,12,13)/t7?,8?,9-/m1/s1. The molecule has 2 unspecified atom stereocenters. The molecule has 1 heterocycles. The van der Waals surface area contributed by atoms with Crippen LogP contribution in [0.15, 0.2) is 0 Å². The fourth-order valence-corrected chi connectivity index (χ4v) is 2.69. The molecule has 0 spiro atoms. The van der Waals surface area contributed by atoms with Gasteiger partial charge in [-0.15, -0.1) is 0 Å². The molecule has 3 heteroatoms. The fourth-order valence-electron chi connectivity index (χ4n) is 2.69. The van der Waals surface area contributed by atoms with E-state index in [0.717, 1.165) is 6.42 Å². The van der Waals surface area contributed by atoms with Crippen LogP contribution >= 0.6 is 0 Å². The Bertz CT molecular complexity index is 191. The predicted octanol–water partition coefficient (Wildman–Crippen LogP) is 1.38. The second kappa shape index (κ2) is 3.66. The van der Waals surface area contributed by atoms with E-state index in [0.29, 0.717) is 12.0 Å². The van der Waals surface area contributed by atoms with Crippen LogP contribution in [-0.4, -0.2) is 23.2 Å². The Kier molecular flexibility index (Phi) is 2.54. The summed E-state index contributed by atoms with van der Waals surface area (Å²) in [5.74, 6) is -0.0447. The van der Waals surface area contributed by atoms with Crippen LogP contribution in [0.4, 0.5) is 0 Å². The van der Waals surface area contributed by atoms with Gasteiger partial charge >= 0.3 is 5.97 Å². The monoisotopic (exact) mass is 183 g/mol.